The lowest BCUT2D eigenvalue weighted by Crippen LogP contribution is -2.53. The maximum Gasteiger partial charge on any atom is 0.194 e. The van der Waals surface area contributed by atoms with E-state index in [1.54, 1.807) is 0 Å². The number of guanidine groups is 1. The van der Waals surface area contributed by atoms with Gasteiger partial charge >= 0.3 is 0 Å². The molecule has 1 heterocycles. The summed E-state index contributed by atoms with van der Waals surface area (Å²) < 4.78 is 33.1. The lowest BCUT2D eigenvalue weighted by Gasteiger charge is -2.38. The Bertz CT molecular complexity index is 677. The summed E-state index contributed by atoms with van der Waals surface area (Å²) in [6.45, 7) is 10.0. The van der Waals surface area contributed by atoms with E-state index in [-0.39, 0.29) is 29.8 Å². The van der Waals surface area contributed by atoms with Crippen LogP contribution in [0.1, 0.15) is 33.1 Å². The van der Waals surface area contributed by atoms with Crippen molar-refractivity contribution in [1.29, 1.82) is 0 Å². The first-order chi connectivity index (χ1) is 13.6. The summed E-state index contributed by atoms with van der Waals surface area (Å²) in [6.07, 6.45) is 3.50. The van der Waals surface area contributed by atoms with Gasteiger partial charge in [-0.2, -0.15) is 0 Å². The zero-order chi connectivity index (χ0) is 20.0. The van der Waals surface area contributed by atoms with Gasteiger partial charge in [0.2, 0.25) is 0 Å². The van der Waals surface area contributed by atoms with Crippen LogP contribution in [0.25, 0.3) is 0 Å². The predicted octanol–water partition coefficient (Wildman–Crippen LogP) is 3.88. The molecule has 0 atom stereocenters. The Morgan fingerprint density at radius 1 is 1.17 bits per heavy atom. The summed E-state index contributed by atoms with van der Waals surface area (Å²) in [7, 11) is 0. The fourth-order valence-electron chi connectivity index (χ4n) is 3.65. The monoisotopic (exact) mass is 522 g/mol. The second kappa shape index (κ2) is 11.3. The van der Waals surface area contributed by atoms with Crippen molar-refractivity contribution in [2.24, 2.45) is 10.4 Å². The second-order valence-corrected chi connectivity index (χ2v) is 7.69. The third-order valence-electron chi connectivity index (χ3n) is 5.67. The molecule has 0 unspecified atom stereocenters. The van der Waals surface area contributed by atoms with E-state index in [2.05, 4.69) is 17.1 Å². The van der Waals surface area contributed by atoms with E-state index >= 15 is 0 Å². The number of ether oxygens (including phenoxy) is 1. The van der Waals surface area contributed by atoms with Crippen LogP contribution in [0.4, 0.5) is 14.5 Å². The molecule has 1 N–H and O–H groups in total. The third-order valence-corrected chi connectivity index (χ3v) is 5.67. The van der Waals surface area contributed by atoms with Crippen molar-refractivity contribution in [3.63, 3.8) is 0 Å². The minimum absolute atomic E-state index is 0. The van der Waals surface area contributed by atoms with Gasteiger partial charge in [0.15, 0.2) is 5.96 Å². The molecule has 0 bridgehead atoms. The lowest BCUT2D eigenvalue weighted by molar-refractivity contribution is 0.129. The summed E-state index contributed by atoms with van der Waals surface area (Å²) >= 11 is 0. The number of rotatable bonds is 8. The molecule has 2 aliphatic rings. The molecule has 1 aromatic rings. The summed E-state index contributed by atoms with van der Waals surface area (Å²) in [6, 6.07) is 3.63. The average molecular weight is 522 g/mol. The zero-order valence-corrected chi connectivity index (χ0v) is 19.8. The maximum absolute atomic E-state index is 14.0. The van der Waals surface area contributed by atoms with Gasteiger partial charge in [0.05, 0.1) is 5.69 Å². The smallest absolute Gasteiger partial charge is 0.194 e. The van der Waals surface area contributed by atoms with Gasteiger partial charge in [-0.15, -0.1) is 24.0 Å². The topological polar surface area (TPSA) is 40.1 Å². The van der Waals surface area contributed by atoms with Crippen LogP contribution >= 0.6 is 24.0 Å². The second-order valence-electron chi connectivity index (χ2n) is 7.69. The maximum atomic E-state index is 14.0. The van der Waals surface area contributed by atoms with Crippen LogP contribution < -0.4 is 10.2 Å². The Morgan fingerprint density at radius 3 is 2.52 bits per heavy atom. The van der Waals surface area contributed by atoms with E-state index in [4.69, 9.17) is 9.73 Å². The summed E-state index contributed by atoms with van der Waals surface area (Å²) in [5, 5.41) is 3.39. The van der Waals surface area contributed by atoms with Crippen LogP contribution in [0, 0.1) is 17.0 Å². The highest BCUT2D eigenvalue weighted by Gasteiger charge is 2.42. The summed E-state index contributed by atoms with van der Waals surface area (Å²) in [4.78, 5) is 9.03. The van der Waals surface area contributed by atoms with Crippen molar-refractivity contribution in [3.05, 3.63) is 29.8 Å². The van der Waals surface area contributed by atoms with E-state index in [0.717, 1.165) is 57.8 Å². The van der Waals surface area contributed by atoms with Gasteiger partial charge in [0.1, 0.15) is 11.6 Å². The summed E-state index contributed by atoms with van der Waals surface area (Å²) in [5.41, 5.74) is 0.650. The SMILES string of the molecule is CCNC(=NCC1(CCOCC)CC1)N1CCN(c2cc(F)ccc2F)CC1.I. The highest BCUT2D eigenvalue weighted by molar-refractivity contribution is 14.0. The number of nitrogens with one attached hydrogen (secondary N) is 1. The van der Waals surface area contributed by atoms with Crippen molar-refractivity contribution < 1.29 is 13.5 Å². The molecule has 164 valence electrons. The first-order valence-corrected chi connectivity index (χ1v) is 10.4. The molecule has 2 fully saturated rings. The normalized spacial score (nSPS) is 18.4. The molecule has 3 rings (SSSR count). The number of hydrogen-bond acceptors (Lipinski definition) is 3. The lowest BCUT2D eigenvalue weighted by atomic mass is 10.0. The van der Waals surface area contributed by atoms with Gasteiger partial charge in [-0.3, -0.25) is 4.99 Å². The molecule has 0 spiro atoms. The predicted molar refractivity (Wildman–Crippen MR) is 124 cm³/mol. The first-order valence-electron chi connectivity index (χ1n) is 10.4. The Morgan fingerprint density at radius 2 is 1.90 bits per heavy atom. The molecule has 1 saturated heterocycles. The highest BCUT2D eigenvalue weighted by atomic mass is 127. The van der Waals surface area contributed by atoms with Gasteiger partial charge in [-0.05, 0) is 50.7 Å². The van der Waals surface area contributed by atoms with Crippen molar-refractivity contribution >= 4 is 35.6 Å². The molecule has 0 aromatic heterocycles. The van der Waals surface area contributed by atoms with Gasteiger partial charge in [0.25, 0.3) is 0 Å². The molecule has 29 heavy (non-hydrogen) atoms. The first kappa shape index (κ1) is 24.1. The van der Waals surface area contributed by atoms with Crippen molar-refractivity contribution in [3.8, 4) is 0 Å². The number of halogens is 3. The number of nitrogens with zero attached hydrogens (tertiary/aromatic N) is 3. The molecule has 0 amide bonds. The van der Waals surface area contributed by atoms with Crippen LogP contribution in [-0.2, 0) is 4.74 Å². The molecule has 8 heteroatoms. The summed E-state index contributed by atoms with van der Waals surface area (Å²) in [5.74, 6) is 0.139. The molecule has 1 saturated carbocycles. The van der Waals surface area contributed by atoms with Crippen molar-refractivity contribution in [2.45, 2.75) is 33.1 Å². The minimum atomic E-state index is -0.407. The number of piperazine rings is 1. The van der Waals surface area contributed by atoms with Gasteiger partial charge < -0.3 is 19.9 Å². The number of benzene rings is 1. The highest BCUT2D eigenvalue weighted by Crippen LogP contribution is 2.49. The van der Waals surface area contributed by atoms with Crippen molar-refractivity contribution in [2.75, 3.05) is 57.4 Å². The quantitative estimate of drug-likeness (QED) is 0.244. The standard InChI is InChI=1S/C21H32F2N4O.HI/c1-3-24-20(25-16-21(7-8-21)9-14-28-4-2)27-12-10-26(11-13-27)19-15-17(22)5-6-18(19)23;/h5-6,15H,3-4,7-14,16H2,1-2H3,(H,24,25);1H. The number of hydrogen-bond donors (Lipinski definition) is 1. The van der Waals surface area contributed by atoms with Crippen LogP contribution in [-0.4, -0.2) is 63.3 Å². The number of anilines is 1. The van der Waals surface area contributed by atoms with E-state index < -0.39 is 5.82 Å². The third kappa shape index (κ3) is 6.67. The Balaban J connectivity index is 0.00000300. The Hall–Kier alpha value is -1.16. The fraction of sp³-hybridized carbons (Fsp3) is 0.667. The molecular formula is C21H33F2IN4O. The average Bonchev–Trinajstić information content (AvgIpc) is 3.47. The Labute approximate surface area is 189 Å². The number of aliphatic imine (C=N–C) groups is 1. The Kier molecular flexibility index (Phi) is 9.39. The van der Waals surface area contributed by atoms with Gasteiger partial charge in [-0.25, -0.2) is 8.78 Å². The van der Waals surface area contributed by atoms with Crippen molar-refractivity contribution in [1.82, 2.24) is 10.2 Å². The van der Waals surface area contributed by atoms with Crippen LogP contribution in [0.3, 0.4) is 0 Å². The van der Waals surface area contributed by atoms with Gasteiger partial charge in [0, 0.05) is 58.5 Å². The van der Waals surface area contributed by atoms with E-state index in [0.29, 0.717) is 24.2 Å². The largest absolute Gasteiger partial charge is 0.382 e. The molecule has 1 aliphatic carbocycles. The van der Waals surface area contributed by atoms with Crippen LogP contribution in [0.15, 0.2) is 23.2 Å². The molecular weight excluding hydrogens is 489 g/mol. The molecule has 1 aromatic carbocycles. The zero-order valence-electron chi connectivity index (χ0n) is 17.4. The van der Waals surface area contributed by atoms with E-state index in [9.17, 15) is 8.78 Å². The minimum Gasteiger partial charge on any atom is -0.382 e. The molecule has 5 nitrogen and oxygen atoms in total. The molecule has 1 aliphatic heterocycles. The molecule has 0 radical (unpaired) electrons. The van der Waals surface area contributed by atoms with Gasteiger partial charge in [-0.1, -0.05) is 0 Å². The fourth-order valence-corrected chi connectivity index (χ4v) is 3.65. The van der Waals surface area contributed by atoms with Crippen LogP contribution in [0.5, 0.6) is 0 Å². The van der Waals surface area contributed by atoms with E-state index in [1.165, 1.54) is 25.0 Å². The van der Waals surface area contributed by atoms with Crippen LogP contribution in [0.2, 0.25) is 0 Å². The van der Waals surface area contributed by atoms with E-state index in [1.807, 2.05) is 11.8 Å².